The number of nitrogens with one attached hydrogen (secondary N) is 1. The van der Waals surface area contributed by atoms with Crippen LogP contribution >= 0.6 is 0 Å². The van der Waals surface area contributed by atoms with Gasteiger partial charge in [0.1, 0.15) is 0 Å². The minimum Gasteiger partial charge on any atom is -0.312 e. The van der Waals surface area contributed by atoms with Crippen LogP contribution in [0.1, 0.15) is 30.4 Å². The molecule has 1 N–H and O–H groups in total. The molecule has 0 spiro atoms. The molecule has 0 amide bonds. The Morgan fingerprint density at radius 3 is 3.07 bits per heavy atom. The predicted molar refractivity (Wildman–Crippen MR) is 64.5 cm³/mol. The molecule has 0 aliphatic carbocycles. The lowest BCUT2D eigenvalue weighted by Crippen LogP contribution is -2.26. The maximum atomic E-state index is 3.36. The van der Waals surface area contributed by atoms with Gasteiger partial charge in [0, 0.05) is 6.54 Å². The molecule has 1 aromatic carbocycles. The number of benzene rings is 1. The first-order chi connectivity index (χ1) is 7.34. The van der Waals surface area contributed by atoms with E-state index in [9.17, 15) is 0 Å². The summed E-state index contributed by atoms with van der Waals surface area (Å²) in [4.78, 5) is 0. The minimum atomic E-state index is 0.871. The zero-order chi connectivity index (χ0) is 10.5. The Morgan fingerprint density at radius 1 is 1.40 bits per heavy atom. The van der Waals surface area contributed by atoms with Crippen LogP contribution in [-0.2, 0) is 6.42 Å². The highest BCUT2D eigenvalue weighted by molar-refractivity contribution is 5.22. The largest absolute Gasteiger partial charge is 0.312 e. The van der Waals surface area contributed by atoms with Crippen LogP contribution in [0.4, 0.5) is 0 Å². The normalized spacial score (nSPS) is 21.5. The van der Waals surface area contributed by atoms with Crippen LogP contribution in [0.15, 0.2) is 24.3 Å². The van der Waals surface area contributed by atoms with E-state index >= 15 is 0 Å². The van der Waals surface area contributed by atoms with Gasteiger partial charge in [-0.2, -0.15) is 0 Å². The van der Waals surface area contributed by atoms with Crippen molar-refractivity contribution in [3.63, 3.8) is 0 Å². The molecule has 0 bridgehead atoms. The van der Waals surface area contributed by atoms with Crippen LogP contribution in [0.5, 0.6) is 0 Å². The standard InChI is InChI=1S/C14H20N/c1-12-4-2-5-13(10-12)7-8-14-6-3-9-15-11-14/h2,4-5,9-10,14-15H,3,6-8,11H2,1H3. The molecule has 1 aromatic rings. The quantitative estimate of drug-likeness (QED) is 0.794. The second-order valence-electron chi connectivity index (χ2n) is 4.58. The Morgan fingerprint density at radius 2 is 2.33 bits per heavy atom. The lowest BCUT2D eigenvalue weighted by atomic mass is 9.92. The van der Waals surface area contributed by atoms with Crippen molar-refractivity contribution >= 4 is 0 Å². The van der Waals surface area contributed by atoms with E-state index in [0.29, 0.717) is 0 Å². The first-order valence-corrected chi connectivity index (χ1v) is 5.95. The van der Waals surface area contributed by atoms with E-state index < -0.39 is 0 Å². The van der Waals surface area contributed by atoms with E-state index in [0.717, 1.165) is 5.92 Å². The smallest absolute Gasteiger partial charge is 0.0221 e. The average molecular weight is 202 g/mol. The van der Waals surface area contributed by atoms with Crippen LogP contribution in [0.25, 0.3) is 0 Å². The van der Waals surface area contributed by atoms with Gasteiger partial charge in [0.05, 0.1) is 0 Å². The summed E-state index contributed by atoms with van der Waals surface area (Å²) in [6.07, 6.45) is 5.15. The zero-order valence-corrected chi connectivity index (χ0v) is 9.50. The maximum Gasteiger partial charge on any atom is 0.0221 e. The number of piperidine rings is 1. The zero-order valence-electron chi connectivity index (χ0n) is 9.50. The highest BCUT2D eigenvalue weighted by atomic mass is 14.9. The molecule has 1 heteroatoms. The SMILES string of the molecule is Cc1cccc(CCC2CC[CH]NC2)c1. The Bertz CT molecular complexity index is 300. The Labute approximate surface area is 92.9 Å². The van der Waals surface area contributed by atoms with Gasteiger partial charge >= 0.3 is 0 Å². The lowest BCUT2D eigenvalue weighted by Gasteiger charge is -2.22. The molecule has 1 fully saturated rings. The number of aryl methyl sites for hydroxylation is 2. The molecule has 0 aromatic heterocycles. The van der Waals surface area contributed by atoms with Crippen LogP contribution in [-0.4, -0.2) is 6.54 Å². The highest BCUT2D eigenvalue weighted by Gasteiger charge is 2.12. The van der Waals surface area contributed by atoms with Crippen molar-refractivity contribution < 1.29 is 0 Å². The van der Waals surface area contributed by atoms with Crippen molar-refractivity contribution in [1.82, 2.24) is 5.32 Å². The predicted octanol–water partition coefficient (Wildman–Crippen LogP) is 3.09. The molecule has 1 saturated heterocycles. The third kappa shape index (κ3) is 3.35. The summed E-state index contributed by atoms with van der Waals surface area (Å²) in [5.74, 6) is 0.871. The fourth-order valence-electron chi connectivity index (χ4n) is 2.26. The lowest BCUT2D eigenvalue weighted by molar-refractivity contribution is 0.387. The molecule has 1 unspecified atom stereocenters. The molecule has 81 valence electrons. The van der Waals surface area contributed by atoms with Crippen molar-refractivity contribution in [2.45, 2.75) is 32.6 Å². The van der Waals surface area contributed by atoms with Crippen molar-refractivity contribution in [2.24, 2.45) is 5.92 Å². The second kappa shape index (κ2) is 5.32. The monoisotopic (exact) mass is 202 g/mol. The first-order valence-electron chi connectivity index (χ1n) is 5.95. The van der Waals surface area contributed by atoms with Crippen molar-refractivity contribution in [2.75, 3.05) is 6.54 Å². The van der Waals surface area contributed by atoms with Crippen molar-refractivity contribution in [3.05, 3.63) is 41.9 Å². The fraction of sp³-hybridized carbons (Fsp3) is 0.500. The molecule has 1 nitrogen and oxygen atoms in total. The molecule has 2 rings (SSSR count). The fourth-order valence-corrected chi connectivity index (χ4v) is 2.26. The topological polar surface area (TPSA) is 12.0 Å². The summed E-state index contributed by atoms with van der Waals surface area (Å²) >= 11 is 0. The van der Waals surface area contributed by atoms with Gasteiger partial charge in [-0.15, -0.1) is 0 Å². The summed E-state index contributed by atoms with van der Waals surface area (Å²) in [6.45, 7) is 5.54. The van der Waals surface area contributed by atoms with Gasteiger partial charge in [0.25, 0.3) is 0 Å². The summed E-state index contributed by atoms with van der Waals surface area (Å²) in [5.41, 5.74) is 2.87. The molecular formula is C14H20N. The number of rotatable bonds is 3. The Balaban J connectivity index is 1.81. The number of hydrogen-bond donors (Lipinski definition) is 1. The summed E-state index contributed by atoms with van der Waals surface area (Å²) in [6, 6.07) is 8.88. The molecule has 1 heterocycles. The van der Waals surface area contributed by atoms with Gasteiger partial charge in [-0.25, -0.2) is 0 Å². The van der Waals surface area contributed by atoms with E-state index in [1.54, 1.807) is 0 Å². The molecular weight excluding hydrogens is 182 g/mol. The Hall–Kier alpha value is -0.820. The van der Waals surface area contributed by atoms with E-state index in [4.69, 9.17) is 0 Å². The summed E-state index contributed by atoms with van der Waals surface area (Å²) in [7, 11) is 0. The molecule has 1 atom stereocenters. The van der Waals surface area contributed by atoms with Crippen molar-refractivity contribution in [1.29, 1.82) is 0 Å². The van der Waals surface area contributed by atoms with Gasteiger partial charge < -0.3 is 5.32 Å². The van der Waals surface area contributed by atoms with Crippen LogP contribution in [0, 0.1) is 19.4 Å². The van der Waals surface area contributed by atoms with Gasteiger partial charge in [0.2, 0.25) is 0 Å². The van der Waals surface area contributed by atoms with Crippen LogP contribution in [0.3, 0.4) is 0 Å². The van der Waals surface area contributed by atoms with E-state index in [2.05, 4.69) is 43.1 Å². The highest BCUT2D eigenvalue weighted by Crippen LogP contribution is 2.18. The van der Waals surface area contributed by atoms with Gasteiger partial charge in [-0.3, -0.25) is 0 Å². The maximum absolute atomic E-state index is 3.36. The minimum absolute atomic E-state index is 0.871. The molecule has 0 saturated carbocycles. The molecule has 1 aliphatic rings. The van der Waals surface area contributed by atoms with E-state index in [1.165, 1.54) is 43.4 Å². The summed E-state index contributed by atoms with van der Waals surface area (Å²) < 4.78 is 0. The first kappa shape index (κ1) is 10.7. The van der Waals surface area contributed by atoms with Gasteiger partial charge in [-0.05, 0) is 50.6 Å². The Kier molecular flexibility index (Phi) is 3.79. The van der Waals surface area contributed by atoms with Gasteiger partial charge in [-0.1, -0.05) is 29.8 Å². The van der Waals surface area contributed by atoms with E-state index in [1.807, 2.05) is 0 Å². The third-order valence-corrected chi connectivity index (χ3v) is 3.19. The van der Waals surface area contributed by atoms with Crippen molar-refractivity contribution in [3.8, 4) is 0 Å². The van der Waals surface area contributed by atoms with E-state index in [-0.39, 0.29) is 0 Å². The molecule has 1 radical (unpaired) electrons. The number of hydrogen-bond acceptors (Lipinski definition) is 1. The third-order valence-electron chi connectivity index (χ3n) is 3.19. The van der Waals surface area contributed by atoms with Crippen LogP contribution < -0.4 is 5.32 Å². The average Bonchev–Trinajstić information content (AvgIpc) is 2.28. The van der Waals surface area contributed by atoms with Crippen LogP contribution in [0.2, 0.25) is 0 Å². The second-order valence-corrected chi connectivity index (χ2v) is 4.58. The van der Waals surface area contributed by atoms with Gasteiger partial charge in [0.15, 0.2) is 0 Å². The molecule has 1 aliphatic heterocycles. The summed E-state index contributed by atoms with van der Waals surface area (Å²) in [5, 5.41) is 3.36. The molecule has 15 heavy (non-hydrogen) atoms.